The third-order valence-corrected chi connectivity index (χ3v) is 3.56. The molecular weight excluding hydrogens is 311 g/mol. The molecule has 0 bridgehead atoms. The van der Waals surface area contributed by atoms with Gasteiger partial charge in [-0.1, -0.05) is 41.4 Å². The molecule has 0 atom stereocenters. The standard InChI is InChI=1S/C15H14Cl2N2O2/c16-12-6-5-11(9-13(12)17)18-15(21)19-14-4-2-1-3-10(14)7-8-20/h1-6,9,20H,7-8H2,(H2,18,19,21). The van der Waals surface area contributed by atoms with Crippen molar-refractivity contribution in [1.29, 1.82) is 0 Å². The van der Waals surface area contributed by atoms with Crippen molar-refractivity contribution in [2.45, 2.75) is 6.42 Å². The van der Waals surface area contributed by atoms with Crippen LogP contribution < -0.4 is 10.6 Å². The Kier molecular flexibility index (Phi) is 5.44. The van der Waals surface area contributed by atoms with Gasteiger partial charge in [-0.25, -0.2) is 4.79 Å². The molecule has 2 aromatic rings. The van der Waals surface area contributed by atoms with Crippen LogP contribution in [0.4, 0.5) is 16.2 Å². The summed E-state index contributed by atoms with van der Waals surface area (Å²) in [6.07, 6.45) is 0.475. The highest BCUT2D eigenvalue weighted by Gasteiger charge is 2.07. The number of benzene rings is 2. The van der Waals surface area contributed by atoms with E-state index in [2.05, 4.69) is 10.6 Å². The van der Waals surface area contributed by atoms with Gasteiger partial charge in [-0.15, -0.1) is 0 Å². The Morgan fingerprint density at radius 2 is 1.81 bits per heavy atom. The molecular formula is C15H14Cl2N2O2. The molecule has 6 heteroatoms. The monoisotopic (exact) mass is 324 g/mol. The lowest BCUT2D eigenvalue weighted by Crippen LogP contribution is -2.20. The van der Waals surface area contributed by atoms with Gasteiger partial charge < -0.3 is 15.7 Å². The number of carbonyl (C=O) groups is 1. The van der Waals surface area contributed by atoms with Gasteiger partial charge in [0, 0.05) is 18.0 Å². The van der Waals surface area contributed by atoms with E-state index in [1.165, 1.54) is 0 Å². The molecule has 2 aromatic carbocycles. The zero-order chi connectivity index (χ0) is 15.2. The maximum atomic E-state index is 12.0. The Balaban J connectivity index is 2.06. The maximum absolute atomic E-state index is 12.0. The first-order valence-corrected chi connectivity index (χ1v) is 7.07. The van der Waals surface area contributed by atoms with Crippen molar-refractivity contribution in [1.82, 2.24) is 0 Å². The summed E-state index contributed by atoms with van der Waals surface area (Å²) in [4.78, 5) is 12.0. The molecule has 0 aromatic heterocycles. The molecule has 21 heavy (non-hydrogen) atoms. The van der Waals surface area contributed by atoms with Crippen LogP contribution in [0.1, 0.15) is 5.56 Å². The van der Waals surface area contributed by atoms with E-state index in [1.807, 2.05) is 18.2 Å². The van der Waals surface area contributed by atoms with Crippen molar-refractivity contribution >= 4 is 40.6 Å². The molecule has 0 radical (unpaired) electrons. The number of urea groups is 1. The van der Waals surface area contributed by atoms with Crippen molar-refractivity contribution in [3.05, 3.63) is 58.1 Å². The van der Waals surface area contributed by atoms with Gasteiger partial charge in [0.1, 0.15) is 0 Å². The summed E-state index contributed by atoms with van der Waals surface area (Å²) in [5, 5.41) is 15.2. The van der Waals surface area contributed by atoms with Crippen molar-refractivity contribution in [2.75, 3.05) is 17.2 Å². The molecule has 0 saturated heterocycles. The van der Waals surface area contributed by atoms with Gasteiger partial charge in [-0.2, -0.15) is 0 Å². The van der Waals surface area contributed by atoms with Crippen LogP contribution in [0.25, 0.3) is 0 Å². The summed E-state index contributed by atoms with van der Waals surface area (Å²) in [5.74, 6) is 0. The van der Waals surface area contributed by atoms with Crippen LogP contribution in [-0.4, -0.2) is 17.7 Å². The zero-order valence-corrected chi connectivity index (χ0v) is 12.6. The first kappa shape index (κ1) is 15.6. The van der Waals surface area contributed by atoms with Crippen molar-refractivity contribution in [2.24, 2.45) is 0 Å². The lowest BCUT2D eigenvalue weighted by molar-refractivity contribution is 0.262. The molecule has 4 nitrogen and oxygen atoms in total. The second-order valence-corrected chi connectivity index (χ2v) is 5.15. The van der Waals surface area contributed by atoms with E-state index in [4.69, 9.17) is 28.3 Å². The number of hydrogen-bond donors (Lipinski definition) is 3. The minimum atomic E-state index is -0.390. The quantitative estimate of drug-likeness (QED) is 0.790. The summed E-state index contributed by atoms with van der Waals surface area (Å²) in [6.45, 7) is 0.0209. The number of rotatable bonds is 4. The first-order valence-electron chi connectivity index (χ1n) is 6.32. The van der Waals surface area contributed by atoms with E-state index in [0.29, 0.717) is 27.8 Å². The van der Waals surface area contributed by atoms with Crippen LogP contribution in [0.15, 0.2) is 42.5 Å². The third kappa shape index (κ3) is 4.36. The van der Waals surface area contributed by atoms with Crippen molar-refractivity contribution < 1.29 is 9.90 Å². The minimum absolute atomic E-state index is 0.0209. The number of aliphatic hydroxyl groups is 1. The molecule has 0 spiro atoms. The van der Waals surface area contributed by atoms with E-state index in [9.17, 15) is 4.79 Å². The predicted molar refractivity (Wildman–Crippen MR) is 86.3 cm³/mol. The lowest BCUT2D eigenvalue weighted by atomic mass is 10.1. The zero-order valence-electron chi connectivity index (χ0n) is 11.1. The van der Waals surface area contributed by atoms with Crippen LogP contribution in [0.3, 0.4) is 0 Å². The Morgan fingerprint density at radius 1 is 1.05 bits per heavy atom. The molecule has 0 unspecified atom stereocenters. The predicted octanol–water partition coefficient (Wildman–Crippen LogP) is 4.17. The molecule has 2 rings (SSSR count). The Bertz CT molecular complexity index is 647. The molecule has 0 fully saturated rings. The highest BCUT2D eigenvalue weighted by atomic mass is 35.5. The molecule has 0 aliphatic carbocycles. The molecule has 110 valence electrons. The van der Waals surface area contributed by atoms with Crippen LogP contribution in [-0.2, 0) is 6.42 Å². The number of amides is 2. The molecule has 0 aliphatic rings. The summed E-state index contributed by atoms with van der Waals surface area (Å²) >= 11 is 11.7. The van der Waals surface area contributed by atoms with Crippen LogP contribution in [0.2, 0.25) is 10.0 Å². The van der Waals surface area contributed by atoms with Crippen molar-refractivity contribution in [3.63, 3.8) is 0 Å². The van der Waals surface area contributed by atoms with Crippen LogP contribution >= 0.6 is 23.2 Å². The smallest absolute Gasteiger partial charge is 0.323 e. The summed E-state index contributed by atoms with van der Waals surface area (Å²) in [6, 6.07) is 11.8. The third-order valence-electron chi connectivity index (χ3n) is 2.82. The Hall–Kier alpha value is -1.75. The Labute approximate surface area is 132 Å². The number of para-hydroxylation sites is 1. The van der Waals surface area contributed by atoms with Crippen LogP contribution in [0.5, 0.6) is 0 Å². The van der Waals surface area contributed by atoms with Gasteiger partial charge in [0.2, 0.25) is 0 Å². The van der Waals surface area contributed by atoms with E-state index in [0.717, 1.165) is 5.56 Å². The number of halogens is 2. The lowest BCUT2D eigenvalue weighted by Gasteiger charge is -2.11. The van der Waals surface area contributed by atoms with Gasteiger partial charge in [0.05, 0.1) is 10.0 Å². The van der Waals surface area contributed by atoms with Gasteiger partial charge in [-0.3, -0.25) is 0 Å². The van der Waals surface area contributed by atoms with Crippen molar-refractivity contribution in [3.8, 4) is 0 Å². The molecule has 3 N–H and O–H groups in total. The van der Waals surface area contributed by atoms with Gasteiger partial charge >= 0.3 is 6.03 Å². The van der Waals surface area contributed by atoms with Gasteiger partial charge in [-0.05, 0) is 36.2 Å². The average molecular weight is 325 g/mol. The molecule has 0 aliphatic heterocycles. The van der Waals surface area contributed by atoms with E-state index in [1.54, 1.807) is 24.3 Å². The second-order valence-electron chi connectivity index (χ2n) is 4.34. The molecule has 0 heterocycles. The number of carbonyl (C=O) groups excluding carboxylic acids is 1. The fourth-order valence-electron chi connectivity index (χ4n) is 1.84. The molecule has 0 saturated carbocycles. The highest BCUT2D eigenvalue weighted by Crippen LogP contribution is 2.25. The number of nitrogens with one attached hydrogen (secondary N) is 2. The van der Waals surface area contributed by atoms with Gasteiger partial charge in [0.15, 0.2) is 0 Å². The second kappa shape index (κ2) is 7.31. The van der Waals surface area contributed by atoms with Crippen LogP contribution in [0, 0.1) is 0 Å². The van der Waals surface area contributed by atoms with Gasteiger partial charge in [0.25, 0.3) is 0 Å². The van der Waals surface area contributed by atoms with E-state index >= 15 is 0 Å². The number of anilines is 2. The SMILES string of the molecule is O=C(Nc1ccc(Cl)c(Cl)c1)Nc1ccccc1CCO. The summed E-state index contributed by atoms with van der Waals surface area (Å²) < 4.78 is 0. The average Bonchev–Trinajstić information content (AvgIpc) is 2.45. The highest BCUT2D eigenvalue weighted by molar-refractivity contribution is 6.42. The summed E-state index contributed by atoms with van der Waals surface area (Å²) in [7, 11) is 0. The molecule has 2 amide bonds. The number of aliphatic hydroxyl groups excluding tert-OH is 1. The largest absolute Gasteiger partial charge is 0.396 e. The number of hydrogen-bond acceptors (Lipinski definition) is 2. The van der Waals surface area contributed by atoms with E-state index < -0.39 is 6.03 Å². The van der Waals surface area contributed by atoms with E-state index in [-0.39, 0.29) is 6.61 Å². The minimum Gasteiger partial charge on any atom is -0.396 e. The topological polar surface area (TPSA) is 61.4 Å². The fraction of sp³-hybridized carbons (Fsp3) is 0.133. The fourth-order valence-corrected chi connectivity index (χ4v) is 2.14. The summed E-state index contributed by atoms with van der Waals surface area (Å²) in [5.41, 5.74) is 2.06. The maximum Gasteiger partial charge on any atom is 0.323 e. The Morgan fingerprint density at radius 3 is 2.52 bits per heavy atom. The normalized spacial score (nSPS) is 10.2. The first-order chi connectivity index (χ1) is 10.1.